The molecule has 2 aromatic heterocycles. The molecule has 0 amide bonds. The molecule has 4 aromatic rings. The Kier molecular flexibility index (Phi) is 6.05. The molecule has 0 atom stereocenters. The van der Waals surface area contributed by atoms with Crippen LogP contribution in [0.25, 0.3) is 21.5 Å². The van der Waals surface area contributed by atoms with E-state index < -0.39 is 33.0 Å². The van der Waals surface area contributed by atoms with Gasteiger partial charge in [-0.2, -0.15) is 0 Å². The number of rotatable bonds is 8. The summed E-state index contributed by atoms with van der Waals surface area (Å²) in [6, 6.07) is 18.2. The summed E-state index contributed by atoms with van der Waals surface area (Å²) in [5.74, 6) is -0.841. The van der Waals surface area contributed by atoms with Crippen molar-refractivity contribution in [2.24, 2.45) is 0 Å². The zero-order chi connectivity index (χ0) is 20.9. The fraction of sp³-hybridized carbons (Fsp3) is 0.0909. The third-order valence-electron chi connectivity index (χ3n) is 4.52. The van der Waals surface area contributed by atoms with E-state index >= 15 is 0 Å². The number of carbonyl (C=O) groups excluding carboxylic acids is 2. The quantitative estimate of drug-likeness (QED) is 0.310. The molecule has 4 rings (SSSR count). The second-order valence-corrected chi connectivity index (χ2v) is 7.51. The van der Waals surface area contributed by atoms with Gasteiger partial charge in [0.05, 0.1) is 0 Å². The Balaban J connectivity index is 1.36. The normalized spacial score (nSPS) is 11.2. The van der Waals surface area contributed by atoms with Gasteiger partial charge < -0.3 is 9.05 Å². The van der Waals surface area contributed by atoms with Crippen molar-refractivity contribution in [1.29, 1.82) is 0 Å². The van der Waals surface area contributed by atoms with Crippen molar-refractivity contribution in [3.8, 4) is 0 Å². The molecule has 0 unspecified atom stereocenters. The highest BCUT2D eigenvalue weighted by molar-refractivity contribution is 7.33. The number of Topliss-reactive ketones (excluding diaryl/α,β-unsaturated/α-hetero) is 2. The smallest absolute Gasteiger partial charge is 0.302 e. The van der Waals surface area contributed by atoms with E-state index in [0.717, 1.165) is 10.8 Å². The Bertz CT molecular complexity index is 1170. The summed E-state index contributed by atoms with van der Waals surface area (Å²) in [6.07, 6.45) is 3.07. The molecule has 0 aliphatic carbocycles. The Morgan fingerprint density at radius 2 is 1.13 bits per heavy atom. The van der Waals surface area contributed by atoms with E-state index in [1.165, 1.54) is 12.4 Å². The topological polar surface area (TPSA) is 95.5 Å². The highest BCUT2D eigenvalue weighted by atomic mass is 31.1. The third kappa shape index (κ3) is 4.33. The van der Waals surface area contributed by atoms with Gasteiger partial charge in [-0.05, 0) is 22.9 Å². The maximum Gasteiger partial charge on any atom is 0.320 e. The minimum atomic E-state index is -3.05. The lowest BCUT2D eigenvalue weighted by Crippen LogP contribution is -2.11. The van der Waals surface area contributed by atoms with Gasteiger partial charge in [-0.25, -0.2) is 0 Å². The van der Waals surface area contributed by atoms with Gasteiger partial charge in [-0.3, -0.25) is 24.1 Å². The van der Waals surface area contributed by atoms with E-state index in [0.29, 0.717) is 10.8 Å². The van der Waals surface area contributed by atoms with Crippen molar-refractivity contribution in [2.45, 2.75) is 0 Å². The van der Waals surface area contributed by atoms with Crippen LogP contribution in [0.3, 0.4) is 0 Å². The molecule has 8 heteroatoms. The molecular formula is C22H17N2O5P. The molecule has 150 valence electrons. The van der Waals surface area contributed by atoms with E-state index in [1.54, 1.807) is 36.4 Å². The Labute approximate surface area is 172 Å². The Morgan fingerprint density at radius 3 is 1.60 bits per heavy atom. The molecule has 0 fully saturated rings. The number of aromatic nitrogens is 2. The van der Waals surface area contributed by atoms with Crippen molar-refractivity contribution in [3.05, 3.63) is 84.4 Å². The van der Waals surface area contributed by atoms with E-state index in [-0.39, 0.29) is 11.4 Å². The molecule has 0 radical (unpaired) electrons. The van der Waals surface area contributed by atoms with Crippen LogP contribution < -0.4 is 0 Å². The van der Waals surface area contributed by atoms with Gasteiger partial charge in [-0.15, -0.1) is 0 Å². The van der Waals surface area contributed by atoms with Gasteiger partial charge in [0.1, 0.15) is 24.6 Å². The fourth-order valence-corrected chi connectivity index (χ4v) is 3.69. The maximum atomic E-state index is 12.4. The number of benzene rings is 2. The first-order valence-corrected chi connectivity index (χ1v) is 10.4. The predicted molar refractivity (Wildman–Crippen MR) is 113 cm³/mol. The molecule has 0 bridgehead atoms. The van der Waals surface area contributed by atoms with E-state index in [1.807, 2.05) is 24.3 Å². The summed E-state index contributed by atoms with van der Waals surface area (Å²) in [6.45, 7) is -0.918. The molecule has 0 saturated carbocycles. The van der Waals surface area contributed by atoms with Crippen molar-refractivity contribution in [2.75, 3.05) is 13.2 Å². The first-order chi connectivity index (χ1) is 14.6. The van der Waals surface area contributed by atoms with E-state index in [9.17, 15) is 14.2 Å². The zero-order valence-electron chi connectivity index (χ0n) is 15.8. The van der Waals surface area contributed by atoms with Crippen LogP contribution in [-0.2, 0) is 13.6 Å². The zero-order valence-corrected chi connectivity index (χ0v) is 16.8. The van der Waals surface area contributed by atoms with Gasteiger partial charge >= 0.3 is 8.25 Å². The number of pyridine rings is 2. The first kappa shape index (κ1) is 20.0. The number of hydrogen-bond acceptors (Lipinski definition) is 7. The number of carbonyl (C=O) groups is 2. The largest absolute Gasteiger partial charge is 0.320 e. The molecular weight excluding hydrogens is 403 g/mol. The van der Waals surface area contributed by atoms with Gasteiger partial charge in [0, 0.05) is 23.2 Å². The van der Waals surface area contributed by atoms with E-state index in [4.69, 9.17) is 9.05 Å². The summed E-state index contributed by atoms with van der Waals surface area (Å²) in [5, 5.41) is 3.11. The number of nitrogens with zero attached hydrogens (tertiary/aromatic N) is 2. The lowest BCUT2D eigenvalue weighted by molar-refractivity contribution is 0.0874. The van der Waals surface area contributed by atoms with E-state index in [2.05, 4.69) is 9.97 Å². The van der Waals surface area contributed by atoms with Crippen LogP contribution in [0.2, 0.25) is 0 Å². The lowest BCUT2D eigenvalue weighted by Gasteiger charge is -2.07. The summed E-state index contributed by atoms with van der Waals surface area (Å²) in [4.78, 5) is 33.1. The number of ketones is 2. The molecule has 0 saturated heterocycles. The van der Waals surface area contributed by atoms with Gasteiger partial charge in [-0.1, -0.05) is 48.5 Å². The van der Waals surface area contributed by atoms with Gasteiger partial charge in [0.25, 0.3) is 0 Å². The average Bonchev–Trinajstić information content (AvgIpc) is 2.80. The van der Waals surface area contributed by atoms with Crippen LogP contribution in [0.4, 0.5) is 0 Å². The molecule has 30 heavy (non-hydrogen) atoms. The Hall–Kier alpha value is -3.25. The standard InChI is InChI=1S/C22H17N2O5P/c25-19(21-17-7-3-1-5-15(17)9-11-23-21)13-28-30(27)29-14-20(26)22-18-8-4-2-6-16(18)10-12-24-22/h1-12,30H,13-14H2. The van der Waals surface area contributed by atoms with Gasteiger partial charge in [0.15, 0.2) is 0 Å². The SMILES string of the molecule is O=C(CO[PH](=O)OCC(=O)c1nccc2ccccc12)c1nccc2ccccc12. The molecule has 0 N–H and O–H groups in total. The predicted octanol–water partition coefficient (Wildman–Crippen LogP) is 4.27. The van der Waals surface area contributed by atoms with Crippen LogP contribution >= 0.6 is 8.25 Å². The molecule has 2 heterocycles. The monoisotopic (exact) mass is 420 g/mol. The third-order valence-corrected chi connectivity index (χ3v) is 5.28. The summed E-state index contributed by atoms with van der Waals surface area (Å²) >= 11 is 0. The van der Waals surface area contributed by atoms with Crippen LogP contribution in [-0.4, -0.2) is 34.7 Å². The van der Waals surface area contributed by atoms with Crippen LogP contribution in [0, 0.1) is 0 Å². The lowest BCUT2D eigenvalue weighted by atomic mass is 10.1. The van der Waals surface area contributed by atoms with Crippen molar-refractivity contribution < 1.29 is 23.2 Å². The molecule has 7 nitrogen and oxygen atoms in total. The maximum absolute atomic E-state index is 12.4. The number of hydrogen-bond donors (Lipinski definition) is 0. The molecule has 0 aliphatic rings. The summed E-state index contributed by atoms with van der Waals surface area (Å²) < 4.78 is 22.1. The fourth-order valence-electron chi connectivity index (χ4n) is 3.11. The summed E-state index contributed by atoms with van der Waals surface area (Å²) in [7, 11) is -3.05. The van der Waals surface area contributed by atoms with Crippen LogP contribution in [0.15, 0.2) is 73.1 Å². The number of fused-ring (bicyclic) bond motifs is 2. The van der Waals surface area contributed by atoms with Crippen molar-refractivity contribution in [1.82, 2.24) is 9.97 Å². The highest BCUT2D eigenvalue weighted by Gasteiger charge is 2.16. The molecule has 0 spiro atoms. The van der Waals surface area contributed by atoms with Gasteiger partial charge in [0.2, 0.25) is 11.6 Å². The summed E-state index contributed by atoms with van der Waals surface area (Å²) in [5.41, 5.74) is 0.470. The van der Waals surface area contributed by atoms with Crippen molar-refractivity contribution in [3.63, 3.8) is 0 Å². The first-order valence-electron chi connectivity index (χ1n) is 9.17. The Morgan fingerprint density at radius 1 is 0.700 bits per heavy atom. The second kappa shape index (κ2) is 9.05. The molecule has 0 aliphatic heterocycles. The average molecular weight is 420 g/mol. The minimum Gasteiger partial charge on any atom is -0.302 e. The van der Waals surface area contributed by atoms with Crippen molar-refractivity contribution >= 4 is 41.4 Å². The second-order valence-electron chi connectivity index (χ2n) is 6.44. The molecule has 2 aromatic carbocycles. The van der Waals surface area contributed by atoms with Crippen LogP contribution in [0.1, 0.15) is 21.0 Å². The minimum absolute atomic E-state index is 0.235. The highest BCUT2D eigenvalue weighted by Crippen LogP contribution is 2.26. The van der Waals surface area contributed by atoms with Crippen LogP contribution in [0.5, 0.6) is 0 Å².